The van der Waals surface area contributed by atoms with Crippen LogP contribution in [0.5, 0.6) is 0 Å². The Kier molecular flexibility index (Phi) is 10.0. The number of halogens is 2. The lowest BCUT2D eigenvalue weighted by Crippen LogP contribution is -2.50. The van der Waals surface area contributed by atoms with Crippen LogP contribution in [0.1, 0.15) is 39.2 Å². The lowest BCUT2D eigenvalue weighted by atomic mass is 10.1. The van der Waals surface area contributed by atoms with Crippen molar-refractivity contribution < 1.29 is 9.59 Å². The van der Waals surface area contributed by atoms with Crippen LogP contribution in [0.4, 0.5) is 0 Å². The van der Waals surface area contributed by atoms with E-state index in [-0.39, 0.29) is 17.9 Å². The summed E-state index contributed by atoms with van der Waals surface area (Å²) < 4.78 is 0. The highest BCUT2D eigenvalue weighted by molar-refractivity contribution is 7.99. The molecule has 4 nitrogen and oxygen atoms in total. The fourth-order valence-electron chi connectivity index (χ4n) is 3.02. The number of nitrogens with zero attached hydrogens (tertiary/aromatic N) is 1. The van der Waals surface area contributed by atoms with Crippen molar-refractivity contribution in [1.82, 2.24) is 10.2 Å². The largest absolute Gasteiger partial charge is 0.352 e. The molecule has 0 spiro atoms. The second-order valence-corrected chi connectivity index (χ2v) is 9.33. The van der Waals surface area contributed by atoms with E-state index in [1.807, 2.05) is 57.2 Å². The SMILES string of the molecule is CC[C@@H](C(=O)NC(C)C)N(Cc1ccc(Cl)cc1)C(=O)CCSc1ccc(Cl)cc1. The topological polar surface area (TPSA) is 49.4 Å². The van der Waals surface area contributed by atoms with Crippen LogP contribution in [0.2, 0.25) is 10.0 Å². The normalized spacial score (nSPS) is 11.9. The Bertz CT molecular complexity index is 826. The van der Waals surface area contributed by atoms with E-state index >= 15 is 0 Å². The smallest absolute Gasteiger partial charge is 0.243 e. The van der Waals surface area contributed by atoms with Gasteiger partial charge in [-0.25, -0.2) is 0 Å². The van der Waals surface area contributed by atoms with Gasteiger partial charge >= 0.3 is 0 Å². The van der Waals surface area contributed by atoms with Gasteiger partial charge in [0.05, 0.1) is 0 Å². The molecule has 0 bridgehead atoms. The predicted molar refractivity (Wildman–Crippen MR) is 126 cm³/mol. The molecule has 30 heavy (non-hydrogen) atoms. The van der Waals surface area contributed by atoms with Crippen molar-refractivity contribution in [3.05, 3.63) is 64.1 Å². The van der Waals surface area contributed by atoms with Crippen LogP contribution < -0.4 is 5.32 Å². The zero-order valence-electron chi connectivity index (χ0n) is 17.5. The minimum Gasteiger partial charge on any atom is -0.352 e. The van der Waals surface area contributed by atoms with Crippen molar-refractivity contribution in [2.24, 2.45) is 0 Å². The minimum absolute atomic E-state index is 0.0134. The molecule has 0 saturated carbocycles. The molecule has 0 unspecified atom stereocenters. The van der Waals surface area contributed by atoms with Gasteiger partial charge in [-0.3, -0.25) is 9.59 Å². The number of hydrogen-bond acceptors (Lipinski definition) is 3. The first-order valence-corrected chi connectivity index (χ1v) is 11.8. The lowest BCUT2D eigenvalue weighted by Gasteiger charge is -2.31. The van der Waals surface area contributed by atoms with Crippen molar-refractivity contribution in [3.63, 3.8) is 0 Å². The van der Waals surface area contributed by atoms with Crippen LogP contribution in [-0.4, -0.2) is 34.6 Å². The second-order valence-electron chi connectivity index (χ2n) is 7.29. The van der Waals surface area contributed by atoms with Gasteiger partial charge in [-0.15, -0.1) is 11.8 Å². The molecule has 0 radical (unpaired) electrons. The third-order valence-corrected chi connectivity index (χ3v) is 6.00. The molecule has 1 atom stereocenters. The molecule has 0 aliphatic rings. The fraction of sp³-hybridized carbons (Fsp3) is 0.391. The fourth-order valence-corrected chi connectivity index (χ4v) is 4.11. The second kappa shape index (κ2) is 12.2. The summed E-state index contributed by atoms with van der Waals surface area (Å²) in [5.41, 5.74) is 0.939. The maximum Gasteiger partial charge on any atom is 0.243 e. The molecular formula is C23H28Cl2N2O2S. The summed E-state index contributed by atoms with van der Waals surface area (Å²) in [6.07, 6.45) is 0.883. The number of carbonyl (C=O) groups excluding carboxylic acids is 2. The molecule has 0 heterocycles. The van der Waals surface area contributed by atoms with Gasteiger partial charge in [0.15, 0.2) is 0 Å². The molecule has 0 saturated heterocycles. The summed E-state index contributed by atoms with van der Waals surface area (Å²) >= 11 is 13.5. The Morgan fingerprint density at radius 2 is 1.57 bits per heavy atom. The van der Waals surface area contributed by atoms with Crippen LogP contribution in [0.3, 0.4) is 0 Å². The highest BCUT2D eigenvalue weighted by Gasteiger charge is 2.28. The quantitative estimate of drug-likeness (QED) is 0.449. The Morgan fingerprint density at radius 1 is 1.00 bits per heavy atom. The number of carbonyl (C=O) groups is 2. The van der Waals surface area contributed by atoms with Crippen molar-refractivity contribution in [1.29, 1.82) is 0 Å². The predicted octanol–water partition coefficient (Wildman–Crippen LogP) is 5.81. The summed E-state index contributed by atoms with van der Waals surface area (Å²) in [6, 6.07) is 14.4. The van der Waals surface area contributed by atoms with Gasteiger partial charge in [-0.2, -0.15) is 0 Å². The van der Waals surface area contributed by atoms with Crippen molar-refractivity contribution in [3.8, 4) is 0 Å². The van der Waals surface area contributed by atoms with Crippen molar-refractivity contribution in [2.75, 3.05) is 5.75 Å². The Morgan fingerprint density at radius 3 is 2.10 bits per heavy atom. The maximum absolute atomic E-state index is 13.1. The van der Waals surface area contributed by atoms with Crippen molar-refractivity contribution >= 4 is 46.8 Å². The molecule has 2 aromatic carbocycles. The van der Waals surface area contributed by atoms with Gasteiger partial charge < -0.3 is 10.2 Å². The summed E-state index contributed by atoms with van der Waals surface area (Å²) in [5.74, 6) is 0.456. The van der Waals surface area contributed by atoms with E-state index < -0.39 is 6.04 Å². The molecule has 0 aliphatic carbocycles. The van der Waals surface area contributed by atoms with Crippen molar-refractivity contribution in [2.45, 2.75) is 57.1 Å². The molecule has 0 aromatic heterocycles. The van der Waals surface area contributed by atoms with Gasteiger partial charge in [0.2, 0.25) is 11.8 Å². The average Bonchev–Trinajstić information content (AvgIpc) is 2.70. The van der Waals surface area contributed by atoms with Crippen LogP contribution >= 0.6 is 35.0 Å². The highest BCUT2D eigenvalue weighted by atomic mass is 35.5. The lowest BCUT2D eigenvalue weighted by molar-refractivity contribution is -0.141. The third-order valence-electron chi connectivity index (χ3n) is 4.48. The van der Waals surface area contributed by atoms with E-state index in [1.165, 1.54) is 0 Å². The average molecular weight is 467 g/mol. The van der Waals surface area contributed by atoms with Gasteiger partial charge in [-0.05, 0) is 62.2 Å². The zero-order chi connectivity index (χ0) is 22.1. The number of nitrogens with one attached hydrogen (secondary N) is 1. The number of amides is 2. The zero-order valence-corrected chi connectivity index (χ0v) is 19.9. The molecule has 2 rings (SSSR count). The van der Waals surface area contributed by atoms with Crippen LogP contribution in [-0.2, 0) is 16.1 Å². The van der Waals surface area contributed by atoms with Gasteiger partial charge in [-0.1, -0.05) is 42.3 Å². The first kappa shape index (κ1) is 24.6. The molecule has 0 fully saturated rings. The number of thioether (sulfide) groups is 1. The standard InChI is InChI=1S/C23H28Cl2N2O2S/c1-4-21(23(29)26-16(2)3)27(15-17-5-7-18(24)8-6-17)22(28)13-14-30-20-11-9-19(25)10-12-20/h5-12,16,21H,4,13-15H2,1-3H3,(H,26,29)/t21-/m0/s1. The van der Waals surface area contributed by atoms with E-state index in [0.29, 0.717) is 35.2 Å². The number of hydrogen-bond donors (Lipinski definition) is 1. The summed E-state index contributed by atoms with van der Waals surface area (Å²) in [7, 11) is 0. The molecular weight excluding hydrogens is 439 g/mol. The van der Waals surface area contributed by atoms with Crippen LogP contribution in [0.25, 0.3) is 0 Å². The summed E-state index contributed by atoms with van der Waals surface area (Å²) in [4.78, 5) is 28.6. The van der Waals surface area contributed by atoms with E-state index in [2.05, 4.69) is 5.32 Å². The van der Waals surface area contributed by atoms with E-state index in [4.69, 9.17) is 23.2 Å². The molecule has 0 aliphatic heterocycles. The van der Waals surface area contributed by atoms with E-state index in [0.717, 1.165) is 10.5 Å². The van der Waals surface area contributed by atoms with E-state index in [9.17, 15) is 9.59 Å². The maximum atomic E-state index is 13.1. The number of rotatable bonds is 10. The monoisotopic (exact) mass is 466 g/mol. The highest BCUT2D eigenvalue weighted by Crippen LogP contribution is 2.22. The van der Waals surface area contributed by atoms with Gasteiger partial charge in [0.25, 0.3) is 0 Å². The summed E-state index contributed by atoms with van der Waals surface area (Å²) in [5, 5.41) is 4.27. The molecule has 162 valence electrons. The van der Waals surface area contributed by atoms with Crippen LogP contribution in [0.15, 0.2) is 53.4 Å². The Hall–Kier alpha value is -1.69. The minimum atomic E-state index is -0.517. The summed E-state index contributed by atoms with van der Waals surface area (Å²) in [6.45, 7) is 6.12. The molecule has 1 N–H and O–H groups in total. The third kappa shape index (κ3) is 7.86. The first-order valence-electron chi connectivity index (χ1n) is 10.0. The molecule has 7 heteroatoms. The van der Waals surface area contributed by atoms with Crippen LogP contribution in [0, 0.1) is 0 Å². The van der Waals surface area contributed by atoms with Gasteiger partial charge in [0.1, 0.15) is 6.04 Å². The van der Waals surface area contributed by atoms with E-state index in [1.54, 1.807) is 28.8 Å². The Balaban J connectivity index is 2.11. The first-order chi connectivity index (χ1) is 14.3. The molecule has 2 aromatic rings. The Labute approximate surface area is 193 Å². The molecule has 2 amide bonds. The number of benzene rings is 2. The van der Waals surface area contributed by atoms with Gasteiger partial charge in [0, 0.05) is 39.7 Å².